The van der Waals surface area contributed by atoms with Crippen molar-refractivity contribution in [3.8, 4) is 5.75 Å². The molecule has 24 heavy (non-hydrogen) atoms. The van der Waals surface area contributed by atoms with Crippen molar-refractivity contribution in [3.63, 3.8) is 0 Å². The second-order valence-electron chi connectivity index (χ2n) is 5.82. The molecule has 1 amide bonds. The van der Waals surface area contributed by atoms with Crippen molar-refractivity contribution in [2.45, 2.75) is 31.1 Å². The Balaban J connectivity index is 1.90. The summed E-state index contributed by atoms with van der Waals surface area (Å²) < 4.78 is 34.5. The molecule has 8 heteroatoms. The molecule has 0 aliphatic carbocycles. The summed E-state index contributed by atoms with van der Waals surface area (Å²) in [7, 11) is -2.31. The van der Waals surface area contributed by atoms with Crippen LogP contribution in [0.4, 0.5) is 0 Å². The smallest absolute Gasteiger partial charge is 0.267 e. The monoisotopic (exact) mass is 349 g/mol. The predicted octanol–water partition coefficient (Wildman–Crippen LogP) is 1.41. The Hall–Kier alpha value is -2.35. The second kappa shape index (κ2) is 5.94. The summed E-state index contributed by atoms with van der Waals surface area (Å²) in [5, 5.41) is 4.10. The summed E-state index contributed by atoms with van der Waals surface area (Å²) >= 11 is 0. The third-order valence-electron chi connectivity index (χ3n) is 4.22. The van der Waals surface area contributed by atoms with Gasteiger partial charge in [0.05, 0.1) is 23.9 Å². The molecule has 1 aliphatic rings. The molecule has 7 nitrogen and oxygen atoms in total. The largest absolute Gasteiger partial charge is 0.493 e. The number of aromatic nitrogens is 2. The average molecular weight is 349 g/mol. The summed E-state index contributed by atoms with van der Waals surface area (Å²) in [5.74, 6) is -0.481. The molecule has 2 aromatic rings. The highest BCUT2D eigenvalue weighted by Gasteiger charge is 2.32. The Bertz CT molecular complexity index is 902. The van der Waals surface area contributed by atoms with Crippen molar-refractivity contribution >= 4 is 15.9 Å². The highest BCUT2D eigenvalue weighted by atomic mass is 32.2. The van der Waals surface area contributed by atoms with E-state index >= 15 is 0 Å². The molecule has 0 saturated heterocycles. The highest BCUT2D eigenvalue weighted by Crippen LogP contribution is 2.33. The maximum Gasteiger partial charge on any atom is 0.267 e. The number of hydrogen-bond donors (Lipinski definition) is 1. The Kier molecular flexibility index (Phi) is 4.08. The number of ether oxygens (including phenoxy) is 1. The van der Waals surface area contributed by atoms with E-state index < -0.39 is 21.8 Å². The molecular weight excluding hydrogens is 330 g/mol. The second-order valence-corrected chi connectivity index (χ2v) is 7.44. The minimum absolute atomic E-state index is 0.0543. The van der Waals surface area contributed by atoms with Crippen molar-refractivity contribution in [2.75, 3.05) is 6.61 Å². The predicted molar refractivity (Wildman–Crippen MR) is 87.3 cm³/mol. The number of nitrogens with one attached hydrogen (secondary N) is 1. The van der Waals surface area contributed by atoms with Crippen LogP contribution in [-0.4, -0.2) is 30.7 Å². The van der Waals surface area contributed by atoms with Crippen LogP contribution in [0.25, 0.3) is 0 Å². The van der Waals surface area contributed by atoms with Gasteiger partial charge in [-0.2, -0.15) is 5.10 Å². The van der Waals surface area contributed by atoms with Crippen molar-refractivity contribution in [1.29, 1.82) is 0 Å². The van der Waals surface area contributed by atoms with Crippen LogP contribution in [-0.2, 0) is 21.9 Å². The molecule has 0 bridgehead atoms. The van der Waals surface area contributed by atoms with Gasteiger partial charge in [-0.15, -0.1) is 0 Å². The van der Waals surface area contributed by atoms with Crippen LogP contribution in [0.15, 0.2) is 29.2 Å². The normalized spacial score (nSPS) is 17.0. The van der Waals surface area contributed by atoms with Gasteiger partial charge in [0.2, 0.25) is 5.91 Å². The summed E-state index contributed by atoms with van der Waals surface area (Å²) in [4.78, 5) is 12.7. The lowest BCUT2D eigenvalue weighted by molar-refractivity contribution is -0.121. The van der Waals surface area contributed by atoms with Gasteiger partial charge in [-0.1, -0.05) is 18.2 Å². The summed E-state index contributed by atoms with van der Waals surface area (Å²) in [6, 6.07) is 7.18. The molecule has 1 atom stereocenters. The Labute approximate surface area is 140 Å². The number of aryl methyl sites for hydroxylation is 2. The topological polar surface area (TPSA) is 90.3 Å². The van der Waals surface area contributed by atoms with Crippen LogP contribution < -0.4 is 9.46 Å². The van der Waals surface area contributed by atoms with E-state index in [1.165, 1.54) is 4.68 Å². The quantitative estimate of drug-likeness (QED) is 0.905. The number of sulfonamides is 1. The lowest BCUT2D eigenvalue weighted by Gasteiger charge is -2.24. The molecule has 2 heterocycles. The van der Waals surface area contributed by atoms with Crippen LogP contribution in [0.2, 0.25) is 0 Å². The van der Waals surface area contributed by atoms with Crippen LogP contribution >= 0.6 is 0 Å². The first-order valence-corrected chi connectivity index (χ1v) is 9.08. The number of hydrogen-bond acceptors (Lipinski definition) is 5. The fourth-order valence-electron chi connectivity index (χ4n) is 3.01. The number of amides is 1. The summed E-state index contributed by atoms with van der Waals surface area (Å²) in [6.45, 7) is 3.64. The van der Waals surface area contributed by atoms with Gasteiger partial charge in [0.15, 0.2) is 0 Å². The van der Waals surface area contributed by atoms with E-state index in [0.29, 0.717) is 35.7 Å². The van der Waals surface area contributed by atoms with E-state index in [-0.39, 0.29) is 4.90 Å². The van der Waals surface area contributed by atoms with Gasteiger partial charge in [-0.3, -0.25) is 9.48 Å². The third kappa shape index (κ3) is 2.77. The number of carbonyl (C=O) groups is 1. The van der Waals surface area contributed by atoms with Crippen molar-refractivity contribution < 1.29 is 17.9 Å². The van der Waals surface area contributed by atoms with Gasteiger partial charge >= 0.3 is 0 Å². The van der Waals surface area contributed by atoms with Crippen LogP contribution in [0.1, 0.15) is 29.3 Å². The van der Waals surface area contributed by atoms with E-state index in [1.807, 2.05) is 6.07 Å². The first-order chi connectivity index (χ1) is 11.3. The molecule has 3 rings (SSSR count). The minimum atomic E-state index is -3.98. The van der Waals surface area contributed by atoms with Crippen LogP contribution in [0.5, 0.6) is 5.75 Å². The average Bonchev–Trinajstić information content (AvgIpc) is 2.79. The van der Waals surface area contributed by atoms with E-state index in [2.05, 4.69) is 9.82 Å². The lowest BCUT2D eigenvalue weighted by atomic mass is 9.93. The maximum absolute atomic E-state index is 12.6. The first kappa shape index (κ1) is 16.5. The fraction of sp³-hybridized carbons (Fsp3) is 0.375. The first-order valence-electron chi connectivity index (χ1n) is 7.60. The number of rotatable bonds is 3. The zero-order chi connectivity index (χ0) is 17.5. The fourth-order valence-corrected chi connectivity index (χ4v) is 4.47. The Morgan fingerprint density at radius 1 is 1.33 bits per heavy atom. The molecule has 128 valence electrons. The van der Waals surface area contributed by atoms with Crippen LogP contribution in [0, 0.1) is 13.8 Å². The Morgan fingerprint density at radius 3 is 2.71 bits per heavy atom. The molecule has 0 spiro atoms. The molecular formula is C16H19N3O4S. The zero-order valence-corrected chi connectivity index (χ0v) is 14.6. The molecule has 1 unspecified atom stereocenters. The zero-order valence-electron chi connectivity index (χ0n) is 13.7. The molecule has 1 aromatic heterocycles. The maximum atomic E-state index is 12.6. The van der Waals surface area contributed by atoms with Gasteiger partial charge in [-0.25, -0.2) is 13.1 Å². The van der Waals surface area contributed by atoms with Gasteiger partial charge in [-0.05, 0) is 26.3 Å². The van der Waals surface area contributed by atoms with Gasteiger partial charge < -0.3 is 4.74 Å². The molecule has 0 radical (unpaired) electrons. The lowest BCUT2D eigenvalue weighted by Crippen LogP contribution is -2.37. The van der Waals surface area contributed by atoms with Gasteiger partial charge in [0, 0.05) is 12.6 Å². The minimum Gasteiger partial charge on any atom is -0.493 e. The van der Waals surface area contributed by atoms with Crippen molar-refractivity contribution in [3.05, 3.63) is 41.2 Å². The Morgan fingerprint density at radius 2 is 2.04 bits per heavy atom. The van der Waals surface area contributed by atoms with E-state index in [1.54, 1.807) is 39.1 Å². The van der Waals surface area contributed by atoms with E-state index in [0.717, 1.165) is 0 Å². The number of benzene rings is 1. The van der Waals surface area contributed by atoms with Gasteiger partial charge in [0.25, 0.3) is 10.0 Å². The van der Waals surface area contributed by atoms with Crippen molar-refractivity contribution in [2.24, 2.45) is 7.05 Å². The molecule has 0 saturated carbocycles. The van der Waals surface area contributed by atoms with E-state index in [9.17, 15) is 13.2 Å². The van der Waals surface area contributed by atoms with E-state index in [4.69, 9.17) is 4.74 Å². The van der Waals surface area contributed by atoms with Crippen molar-refractivity contribution in [1.82, 2.24) is 14.5 Å². The summed E-state index contributed by atoms with van der Waals surface area (Å²) in [6.07, 6.45) is 0.434. The number of nitrogens with zero attached hydrogens (tertiary/aromatic N) is 2. The molecule has 1 aromatic carbocycles. The number of para-hydroxylation sites is 1. The van der Waals surface area contributed by atoms with Gasteiger partial charge in [0.1, 0.15) is 10.6 Å². The molecule has 1 aliphatic heterocycles. The third-order valence-corrected chi connectivity index (χ3v) is 5.82. The standard InChI is InChI=1S/C16H19N3O4S/c1-10-15(11(2)19(3)17-10)24(21,22)18-16(20)13-8-9-23-14-7-5-4-6-12(13)14/h4-7,13H,8-9H2,1-3H3,(H,18,20). The number of carbonyl (C=O) groups excluding carboxylic acids is 1. The van der Waals surface area contributed by atoms with Crippen LogP contribution in [0.3, 0.4) is 0 Å². The number of fused-ring (bicyclic) bond motifs is 1. The highest BCUT2D eigenvalue weighted by molar-refractivity contribution is 7.90. The molecule has 0 fully saturated rings. The SMILES string of the molecule is Cc1nn(C)c(C)c1S(=O)(=O)NC(=O)C1CCOc2ccccc21. The molecule has 1 N–H and O–H groups in total. The summed E-state index contributed by atoms with van der Waals surface area (Å²) in [5.41, 5.74) is 1.55.